The van der Waals surface area contributed by atoms with Crippen molar-refractivity contribution >= 4 is 22.6 Å². The van der Waals surface area contributed by atoms with E-state index in [4.69, 9.17) is 9.84 Å². The first-order valence-electron chi connectivity index (χ1n) is 8.65. The van der Waals surface area contributed by atoms with Crippen LogP contribution in [0, 0.1) is 24.1 Å². The molecule has 0 amide bonds. The Bertz CT molecular complexity index is 912. The fraction of sp³-hybridized carbons (Fsp3) is 0.421. The Kier molecular flexibility index (Phi) is 5.54. The number of rotatable bonds is 5. The van der Waals surface area contributed by atoms with Gasteiger partial charge in [-0.15, -0.1) is 0 Å². The van der Waals surface area contributed by atoms with E-state index in [-0.39, 0.29) is 18.5 Å². The van der Waals surface area contributed by atoms with Gasteiger partial charge in [-0.25, -0.2) is 4.39 Å². The summed E-state index contributed by atoms with van der Waals surface area (Å²) in [5, 5.41) is 19.1. The molecule has 2 heterocycles. The van der Waals surface area contributed by atoms with Gasteiger partial charge in [-0.1, -0.05) is 0 Å². The van der Waals surface area contributed by atoms with E-state index in [1.165, 1.54) is 18.3 Å². The maximum atomic E-state index is 14.0. The number of nitriles is 1. The Labute approximate surface area is 156 Å². The normalized spacial score (nSPS) is 17.3. The van der Waals surface area contributed by atoms with Gasteiger partial charge in [0.05, 0.1) is 36.0 Å². The zero-order valence-corrected chi connectivity index (χ0v) is 15.3. The van der Waals surface area contributed by atoms with Gasteiger partial charge in [0.25, 0.3) is 0 Å². The van der Waals surface area contributed by atoms with E-state index in [0.717, 1.165) is 0 Å². The van der Waals surface area contributed by atoms with Gasteiger partial charge in [-0.3, -0.25) is 14.7 Å². The maximum Gasteiger partial charge on any atom is 0.317 e. The molecule has 142 valence electrons. The maximum absolute atomic E-state index is 14.0. The Balaban J connectivity index is 1.94. The molecule has 27 heavy (non-hydrogen) atoms. The van der Waals surface area contributed by atoms with Gasteiger partial charge >= 0.3 is 5.97 Å². The summed E-state index contributed by atoms with van der Waals surface area (Å²) in [5.74, 6) is -1.27. The second-order valence-corrected chi connectivity index (χ2v) is 6.78. The molecule has 2 aromatic rings. The molecule has 1 unspecified atom stereocenters. The number of aryl methyl sites for hydroxylation is 1. The first-order chi connectivity index (χ1) is 12.9. The summed E-state index contributed by atoms with van der Waals surface area (Å²) in [4.78, 5) is 18.9. The number of morpholine rings is 1. The van der Waals surface area contributed by atoms with Crippen LogP contribution in [0.3, 0.4) is 0 Å². The number of pyridine rings is 1. The second-order valence-electron chi connectivity index (χ2n) is 6.78. The number of likely N-dealkylation sites (N-methyl/N-ethyl adjacent to an activating group) is 1. The minimum Gasteiger partial charge on any atom is -0.480 e. The van der Waals surface area contributed by atoms with Crippen molar-refractivity contribution in [1.29, 1.82) is 5.26 Å². The van der Waals surface area contributed by atoms with Crippen molar-refractivity contribution in [1.82, 2.24) is 9.88 Å². The Morgan fingerprint density at radius 1 is 1.56 bits per heavy atom. The average Bonchev–Trinajstić information content (AvgIpc) is 2.60. The van der Waals surface area contributed by atoms with E-state index in [0.29, 0.717) is 54.0 Å². The molecule has 0 aliphatic carbocycles. The van der Waals surface area contributed by atoms with Crippen molar-refractivity contribution in [2.45, 2.75) is 13.0 Å². The summed E-state index contributed by atoms with van der Waals surface area (Å²) < 4.78 is 19.8. The van der Waals surface area contributed by atoms with Crippen molar-refractivity contribution in [2.75, 3.05) is 44.7 Å². The topological polar surface area (TPSA) is 89.7 Å². The number of aromatic nitrogens is 1. The highest BCUT2D eigenvalue weighted by Gasteiger charge is 2.26. The summed E-state index contributed by atoms with van der Waals surface area (Å²) in [6, 6.07) is 4.98. The monoisotopic (exact) mass is 372 g/mol. The van der Waals surface area contributed by atoms with Crippen LogP contribution in [0.15, 0.2) is 18.3 Å². The van der Waals surface area contributed by atoms with E-state index in [1.807, 2.05) is 4.90 Å². The minimum atomic E-state index is -0.900. The predicted octanol–water partition coefficient (Wildman–Crippen LogP) is 1.78. The number of carboxylic acid groups (broad SMARTS) is 1. The smallest absolute Gasteiger partial charge is 0.317 e. The molecule has 3 rings (SSSR count). The highest BCUT2D eigenvalue weighted by atomic mass is 19.1. The number of carboxylic acids is 1. The molecule has 1 aliphatic heterocycles. The number of benzene rings is 1. The van der Waals surface area contributed by atoms with Gasteiger partial charge < -0.3 is 14.7 Å². The van der Waals surface area contributed by atoms with Crippen LogP contribution >= 0.6 is 0 Å². The third-order valence-corrected chi connectivity index (χ3v) is 4.59. The van der Waals surface area contributed by atoms with Crippen LogP contribution in [-0.2, 0) is 9.53 Å². The number of hydrogen-bond acceptors (Lipinski definition) is 6. The van der Waals surface area contributed by atoms with Crippen LogP contribution in [0.1, 0.15) is 11.1 Å². The zero-order valence-electron chi connectivity index (χ0n) is 15.3. The standard InChI is InChI=1S/C19H21FN4O3/c1-12-5-14(20)6-16-18(12)22-8-13(7-21)19(16)24-3-4-27-15(10-24)9-23(2)11-17(25)26/h5-6,8,15H,3-4,9-11H2,1-2H3,(H,25,26). The van der Waals surface area contributed by atoms with E-state index in [1.54, 1.807) is 18.9 Å². The van der Waals surface area contributed by atoms with E-state index in [2.05, 4.69) is 11.1 Å². The van der Waals surface area contributed by atoms with Gasteiger partial charge in [0.2, 0.25) is 0 Å². The Morgan fingerprint density at radius 3 is 3.04 bits per heavy atom. The van der Waals surface area contributed by atoms with Gasteiger partial charge in [0, 0.05) is 31.2 Å². The number of ether oxygens (including phenoxy) is 1. The summed E-state index contributed by atoms with van der Waals surface area (Å²) in [5.41, 5.74) is 2.41. The number of carbonyl (C=O) groups is 1. The number of halogens is 1. The van der Waals surface area contributed by atoms with Crippen molar-refractivity contribution in [3.05, 3.63) is 35.3 Å². The summed E-state index contributed by atoms with van der Waals surface area (Å²) in [6.45, 7) is 3.63. The van der Waals surface area contributed by atoms with Crippen LogP contribution in [0.5, 0.6) is 0 Å². The molecule has 1 N–H and O–H groups in total. The van der Waals surface area contributed by atoms with E-state index in [9.17, 15) is 14.4 Å². The summed E-state index contributed by atoms with van der Waals surface area (Å²) in [7, 11) is 1.72. The number of aliphatic carboxylic acids is 1. The molecular weight excluding hydrogens is 351 g/mol. The molecule has 0 spiro atoms. The van der Waals surface area contributed by atoms with Crippen LogP contribution in [0.2, 0.25) is 0 Å². The average molecular weight is 372 g/mol. The third kappa shape index (κ3) is 4.15. The molecule has 0 saturated carbocycles. The van der Waals surface area contributed by atoms with Crippen molar-refractivity contribution in [3.8, 4) is 6.07 Å². The minimum absolute atomic E-state index is 0.0775. The molecule has 1 aromatic heterocycles. The molecule has 1 saturated heterocycles. The molecule has 7 nitrogen and oxygen atoms in total. The number of fused-ring (bicyclic) bond motifs is 1. The van der Waals surface area contributed by atoms with E-state index < -0.39 is 5.97 Å². The van der Waals surface area contributed by atoms with Crippen molar-refractivity contribution < 1.29 is 19.0 Å². The van der Waals surface area contributed by atoms with Gasteiger partial charge in [0.1, 0.15) is 11.9 Å². The molecular formula is C19H21FN4O3. The van der Waals surface area contributed by atoms with Gasteiger partial charge in [0.15, 0.2) is 0 Å². The molecule has 1 fully saturated rings. The first kappa shape index (κ1) is 19.0. The highest BCUT2D eigenvalue weighted by Crippen LogP contribution is 2.32. The van der Waals surface area contributed by atoms with Gasteiger partial charge in [-0.05, 0) is 31.7 Å². The molecule has 1 atom stereocenters. The SMILES string of the molecule is Cc1cc(F)cc2c(N3CCOC(CN(C)CC(=O)O)C3)c(C#N)cnc12. The van der Waals surface area contributed by atoms with Gasteiger partial charge in [-0.2, -0.15) is 5.26 Å². The van der Waals surface area contributed by atoms with Crippen LogP contribution < -0.4 is 4.90 Å². The predicted molar refractivity (Wildman–Crippen MR) is 98.2 cm³/mol. The number of anilines is 1. The first-order valence-corrected chi connectivity index (χ1v) is 8.65. The molecule has 8 heteroatoms. The van der Waals surface area contributed by atoms with Crippen LogP contribution in [0.4, 0.5) is 10.1 Å². The molecule has 0 radical (unpaired) electrons. The Hall–Kier alpha value is -2.76. The summed E-state index contributed by atoms with van der Waals surface area (Å²) >= 11 is 0. The fourth-order valence-corrected chi connectivity index (χ4v) is 3.52. The molecule has 1 aliphatic rings. The van der Waals surface area contributed by atoms with Crippen molar-refractivity contribution in [2.24, 2.45) is 0 Å². The summed E-state index contributed by atoms with van der Waals surface area (Å²) in [6.07, 6.45) is 1.30. The van der Waals surface area contributed by atoms with E-state index >= 15 is 0 Å². The number of nitrogens with zero attached hydrogens (tertiary/aromatic N) is 4. The lowest BCUT2D eigenvalue weighted by molar-refractivity contribution is -0.138. The largest absolute Gasteiger partial charge is 0.480 e. The lowest BCUT2D eigenvalue weighted by atomic mass is 10.0. The quantitative estimate of drug-likeness (QED) is 0.855. The third-order valence-electron chi connectivity index (χ3n) is 4.59. The molecule has 0 bridgehead atoms. The Morgan fingerprint density at radius 2 is 2.33 bits per heavy atom. The lowest BCUT2D eigenvalue weighted by Gasteiger charge is -2.36. The zero-order chi connectivity index (χ0) is 19.6. The fourth-order valence-electron chi connectivity index (χ4n) is 3.52. The lowest BCUT2D eigenvalue weighted by Crippen LogP contribution is -2.48. The van der Waals surface area contributed by atoms with Crippen LogP contribution in [-0.4, -0.2) is 66.9 Å². The van der Waals surface area contributed by atoms with Crippen LogP contribution in [0.25, 0.3) is 10.9 Å². The number of hydrogen-bond donors (Lipinski definition) is 1. The highest BCUT2D eigenvalue weighted by molar-refractivity contribution is 5.96. The van der Waals surface area contributed by atoms with Crippen molar-refractivity contribution in [3.63, 3.8) is 0 Å². The molecule has 1 aromatic carbocycles. The second kappa shape index (κ2) is 7.86.